The van der Waals surface area contributed by atoms with Crippen LogP contribution in [0.2, 0.25) is 0 Å². The molecule has 1 atom stereocenters. The molecule has 0 saturated carbocycles. The maximum atomic E-state index is 11.9. The Morgan fingerprint density at radius 3 is 2.75 bits per heavy atom. The van der Waals surface area contributed by atoms with Gasteiger partial charge >= 0.3 is 5.97 Å². The molecule has 1 amide bonds. The average Bonchev–Trinajstić information content (AvgIpc) is 2.95. The number of nitriles is 1. The predicted molar refractivity (Wildman–Crippen MR) is 72.2 cm³/mol. The first-order valence-corrected chi connectivity index (χ1v) is 7.00. The molecule has 1 N–H and O–H groups in total. The Balaban J connectivity index is 1.91. The smallest absolute Gasteiger partial charge is 0.327 e. The Morgan fingerprint density at radius 2 is 2.15 bits per heavy atom. The van der Waals surface area contributed by atoms with Crippen molar-refractivity contribution in [3.63, 3.8) is 0 Å². The molecule has 1 aliphatic heterocycles. The van der Waals surface area contributed by atoms with Gasteiger partial charge in [0.05, 0.1) is 17.5 Å². The fourth-order valence-corrected chi connectivity index (χ4v) is 2.92. The van der Waals surface area contributed by atoms with Gasteiger partial charge in [0.2, 0.25) is 0 Å². The van der Waals surface area contributed by atoms with Crippen LogP contribution in [0, 0.1) is 11.3 Å². The highest BCUT2D eigenvalue weighted by molar-refractivity contribution is 7.99. The molecule has 1 aromatic rings. The Kier molecular flexibility index (Phi) is 4.48. The van der Waals surface area contributed by atoms with E-state index in [-0.39, 0.29) is 12.5 Å². The van der Waals surface area contributed by atoms with Crippen molar-refractivity contribution in [1.29, 1.82) is 5.26 Å². The summed E-state index contributed by atoms with van der Waals surface area (Å²) in [6.45, 7) is -0.212. The highest BCUT2D eigenvalue weighted by Gasteiger charge is 2.34. The zero-order valence-corrected chi connectivity index (χ0v) is 11.3. The Morgan fingerprint density at radius 1 is 1.45 bits per heavy atom. The summed E-state index contributed by atoms with van der Waals surface area (Å²) in [6.07, 6.45) is 0. The van der Waals surface area contributed by atoms with Crippen LogP contribution in [0.25, 0.3) is 0 Å². The van der Waals surface area contributed by atoms with Crippen molar-refractivity contribution in [3.8, 4) is 11.8 Å². The van der Waals surface area contributed by atoms with Gasteiger partial charge in [0, 0.05) is 5.75 Å². The number of carboxylic acids is 1. The molecule has 1 saturated heterocycles. The normalized spacial score (nSPS) is 17.6. The van der Waals surface area contributed by atoms with Crippen LogP contribution in [0.3, 0.4) is 0 Å². The van der Waals surface area contributed by atoms with Crippen LogP contribution in [-0.4, -0.2) is 46.2 Å². The summed E-state index contributed by atoms with van der Waals surface area (Å²) in [4.78, 5) is 24.2. The molecule has 1 aromatic carbocycles. The van der Waals surface area contributed by atoms with Crippen molar-refractivity contribution < 1.29 is 19.4 Å². The molecular formula is C13H12N2O4S. The highest BCUT2D eigenvalue weighted by atomic mass is 32.2. The first-order chi connectivity index (χ1) is 9.61. The summed E-state index contributed by atoms with van der Waals surface area (Å²) in [7, 11) is 0. The van der Waals surface area contributed by atoms with Gasteiger partial charge in [0.1, 0.15) is 11.8 Å². The summed E-state index contributed by atoms with van der Waals surface area (Å²) in [5.41, 5.74) is 0.505. The first kappa shape index (κ1) is 14.2. The predicted octanol–water partition coefficient (Wildman–Crippen LogP) is 0.923. The van der Waals surface area contributed by atoms with Crippen LogP contribution < -0.4 is 4.74 Å². The Labute approximate surface area is 119 Å². The van der Waals surface area contributed by atoms with Gasteiger partial charge in [-0.2, -0.15) is 5.26 Å². The van der Waals surface area contributed by atoms with Gasteiger partial charge in [0.25, 0.3) is 5.91 Å². The minimum Gasteiger partial charge on any atom is -0.484 e. The van der Waals surface area contributed by atoms with Gasteiger partial charge in [-0.05, 0) is 24.3 Å². The number of carbonyl (C=O) groups excluding carboxylic acids is 1. The lowest BCUT2D eigenvalue weighted by Gasteiger charge is -2.20. The number of carbonyl (C=O) groups is 2. The van der Waals surface area contributed by atoms with E-state index in [0.717, 1.165) is 0 Å². The van der Waals surface area contributed by atoms with Crippen molar-refractivity contribution in [2.45, 2.75) is 6.04 Å². The van der Waals surface area contributed by atoms with E-state index in [0.29, 0.717) is 22.9 Å². The van der Waals surface area contributed by atoms with Crippen LogP contribution in [0.4, 0.5) is 0 Å². The zero-order valence-electron chi connectivity index (χ0n) is 10.5. The fourth-order valence-electron chi connectivity index (χ4n) is 1.75. The maximum Gasteiger partial charge on any atom is 0.327 e. The number of carboxylic acid groups (broad SMARTS) is 1. The Bertz CT molecular complexity index is 552. The molecule has 1 aliphatic rings. The molecule has 0 radical (unpaired) electrons. The van der Waals surface area contributed by atoms with E-state index >= 15 is 0 Å². The highest BCUT2D eigenvalue weighted by Crippen LogP contribution is 2.21. The van der Waals surface area contributed by atoms with Gasteiger partial charge in [-0.3, -0.25) is 4.79 Å². The number of hydrogen-bond donors (Lipinski definition) is 1. The summed E-state index contributed by atoms with van der Waals surface area (Å²) >= 11 is 1.41. The monoisotopic (exact) mass is 292 g/mol. The Hall–Kier alpha value is -2.20. The number of amides is 1. The van der Waals surface area contributed by atoms with E-state index in [1.165, 1.54) is 16.7 Å². The van der Waals surface area contributed by atoms with E-state index in [1.807, 2.05) is 6.07 Å². The van der Waals surface area contributed by atoms with E-state index in [1.54, 1.807) is 24.3 Å². The minimum atomic E-state index is -0.998. The van der Waals surface area contributed by atoms with Crippen LogP contribution in [0.15, 0.2) is 24.3 Å². The van der Waals surface area contributed by atoms with Crippen molar-refractivity contribution in [3.05, 3.63) is 29.8 Å². The third-order valence-electron chi connectivity index (χ3n) is 2.83. The van der Waals surface area contributed by atoms with Crippen molar-refractivity contribution in [2.24, 2.45) is 0 Å². The van der Waals surface area contributed by atoms with Gasteiger partial charge < -0.3 is 14.7 Å². The molecule has 20 heavy (non-hydrogen) atoms. The summed E-state index contributed by atoms with van der Waals surface area (Å²) in [6, 6.07) is 7.57. The molecule has 104 valence electrons. The lowest BCUT2D eigenvalue weighted by atomic mass is 10.2. The number of aliphatic carboxylic acids is 1. The number of benzene rings is 1. The molecule has 0 bridgehead atoms. The second-order valence-electron chi connectivity index (χ2n) is 4.14. The third kappa shape index (κ3) is 3.22. The number of hydrogen-bond acceptors (Lipinski definition) is 5. The molecule has 0 aromatic heterocycles. The molecule has 7 heteroatoms. The quantitative estimate of drug-likeness (QED) is 0.887. The second kappa shape index (κ2) is 6.30. The van der Waals surface area contributed by atoms with Crippen LogP contribution in [-0.2, 0) is 9.59 Å². The summed E-state index contributed by atoms with van der Waals surface area (Å²) < 4.78 is 5.30. The lowest BCUT2D eigenvalue weighted by molar-refractivity contribution is -0.148. The molecule has 1 heterocycles. The van der Waals surface area contributed by atoms with Crippen LogP contribution in [0.1, 0.15) is 5.56 Å². The van der Waals surface area contributed by atoms with Crippen LogP contribution >= 0.6 is 11.8 Å². The van der Waals surface area contributed by atoms with E-state index in [9.17, 15) is 9.59 Å². The minimum absolute atomic E-state index is 0.212. The van der Waals surface area contributed by atoms with E-state index < -0.39 is 12.0 Å². The fraction of sp³-hybridized carbons (Fsp3) is 0.308. The number of rotatable bonds is 4. The molecule has 2 rings (SSSR count). The number of thioether (sulfide) groups is 1. The molecule has 1 fully saturated rings. The van der Waals surface area contributed by atoms with Crippen molar-refractivity contribution in [1.82, 2.24) is 4.90 Å². The molecule has 0 unspecified atom stereocenters. The molecular weight excluding hydrogens is 280 g/mol. The summed E-state index contributed by atoms with van der Waals surface area (Å²) in [5, 5.41) is 17.7. The molecule has 6 nitrogen and oxygen atoms in total. The summed E-state index contributed by atoms with van der Waals surface area (Å²) in [5.74, 6) is -0.116. The standard InChI is InChI=1S/C13H12N2O4S/c14-5-9-1-3-10(4-2-9)19-6-12(16)15-8-20-7-11(15)13(17)18/h1-4,11H,6-8H2,(H,17,18)/t11-/m0/s1. The first-order valence-electron chi connectivity index (χ1n) is 5.85. The van der Waals surface area contributed by atoms with Crippen molar-refractivity contribution >= 4 is 23.6 Å². The van der Waals surface area contributed by atoms with Gasteiger partial charge in [-0.1, -0.05) is 0 Å². The largest absolute Gasteiger partial charge is 0.484 e. The van der Waals surface area contributed by atoms with E-state index in [4.69, 9.17) is 15.1 Å². The van der Waals surface area contributed by atoms with Crippen molar-refractivity contribution in [2.75, 3.05) is 18.2 Å². The van der Waals surface area contributed by atoms with Gasteiger partial charge in [0.15, 0.2) is 6.61 Å². The SMILES string of the molecule is N#Cc1ccc(OCC(=O)N2CSC[C@H]2C(=O)O)cc1. The number of nitrogens with zero attached hydrogens (tertiary/aromatic N) is 2. The molecule has 0 spiro atoms. The van der Waals surface area contributed by atoms with Gasteiger partial charge in [-0.25, -0.2) is 4.79 Å². The maximum absolute atomic E-state index is 11.9. The average molecular weight is 292 g/mol. The van der Waals surface area contributed by atoms with E-state index in [2.05, 4.69) is 0 Å². The second-order valence-corrected chi connectivity index (χ2v) is 5.14. The third-order valence-corrected chi connectivity index (χ3v) is 3.85. The number of ether oxygens (including phenoxy) is 1. The van der Waals surface area contributed by atoms with Crippen LogP contribution in [0.5, 0.6) is 5.75 Å². The zero-order chi connectivity index (χ0) is 14.5. The van der Waals surface area contributed by atoms with Gasteiger partial charge in [-0.15, -0.1) is 11.8 Å². The topological polar surface area (TPSA) is 90.6 Å². The lowest BCUT2D eigenvalue weighted by Crippen LogP contribution is -2.43. The molecule has 0 aliphatic carbocycles.